The van der Waals surface area contributed by atoms with E-state index >= 15 is 0 Å². The van der Waals surface area contributed by atoms with Crippen molar-refractivity contribution in [2.75, 3.05) is 11.4 Å². The maximum atomic E-state index is 13.3. The van der Waals surface area contributed by atoms with Gasteiger partial charge in [-0.2, -0.15) is 0 Å². The number of thiazole rings is 1. The zero-order chi connectivity index (χ0) is 18.5. The Bertz CT molecular complexity index is 878. The van der Waals surface area contributed by atoms with Gasteiger partial charge in [-0.3, -0.25) is 9.69 Å². The van der Waals surface area contributed by atoms with E-state index in [1.54, 1.807) is 35.8 Å². The Labute approximate surface area is 162 Å². The minimum atomic E-state index is -0.0565. The summed E-state index contributed by atoms with van der Waals surface area (Å²) in [5.41, 5.74) is 0. The van der Waals surface area contributed by atoms with Crippen molar-refractivity contribution < 1.29 is 4.79 Å². The van der Waals surface area contributed by atoms with E-state index in [1.165, 1.54) is 43.4 Å². The number of carbonyl (C=O) groups excluding carboxylic acids is 1. The average molecular weight is 379 g/mol. The molecule has 0 aromatic carbocycles. The molecule has 0 atom stereocenters. The number of aromatic nitrogens is 4. The highest BCUT2D eigenvalue weighted by Gasteiger charge is 2.25. The van der Waals surface area contributed by atoms with Gasteiger partial charge in [0.2, 0.25) is 0 Å². The number of carbonyl (C=O) groups is 1. The van der Waals surface area contributed by atoms with Crippen LogP contribution in [0.2, 0.25) is 0 Å². The lowest BCUT2D eigenvalue weighted by Crippen LogP contribution is -2.36. The molecule has 7 heteroatoms. The predicted octanol–water partition coefficient (Wildman–Crippen LogP) is 4.22. The van der Waals surface area contributed by atoms with Crippen LogP contribution in [-0.4, -0.2) is 32.4 Å². The number of hydrogen-bond donors (Lipinski definition) is 0. The second kappa shape index (κ2) is 8.35. The molecule has 0 radical (unpaired) electrons. The highest BCUT2D eigenvalue weighted by Crippen LogP contribution is 2.28. The molecule has 6 nitrogen and oxygen atoms in total. The van der Waals surface area contributed by atoms with Gasteiger partial charge in [-0.25, -0.2) is 19.9 Å². The van der Waals surface area contributed by atoms with Crippen LogP contribution in [0.3, 0.4) is 0 Å². The first kappa shape index (κ1) is 17.7. The minimum absolute atomic E-state index is 0.0565. The van der Waals surface area contributed by atoms with Gasteiger partial charge >= 0.3 is 0 Å². The third-order valence-electron chi connectivity index (χ3n) is 4.81. The molecular formula is C20H21N5OS. The van der Waals surface area contributed by atoms with Crippen LogP contribution in [0.1, 0.15) is 41.8 Å². The number of pyridine rings is 1. The third kappa shape index (κ3) is 4.19. The van der Waals surface area contributed by atoms with Crippen LogP contribution in [-0.2, 0) is 0 Å². The number of hydrogen-bond acceptors (Lipinski definition) is 6. The summed E-state index contributed by atoms with van der Waals surface area (Å²) in [5, 5.41) is 0.651. The van der Waals surface area contributed by atoms with Crippen LogP contribution < -0.4 is 4.90 Å². The summed E-state index contributed by atoms with van der Waals surface area (Å²) in [7, 11) is 0. The number of rotatable bonds is 5. The van der Waals surface area contributed by atoms with Crippen LogP contribution in [0.15, 0.2) is 49.1 Å². The van der Waals surface area contributed by atoms with E-state index in [9.17, 15) is 4.79 Å². The van der Waals surface area contributed by atoms with Crippen LogP contribution >= 0.6 is 11.3 Å². The molecule has 0 bridgehead atoms. The summed E-state index contributed by atoms with van der Waals surface area (Å²) >= 11 is 1.32. The van der Waals surface area contributed by atoms with Crippen molar-refractivity contribution in [3.8, 4) is 10.8 Å². The Morgan fingerprint density at radius 1 is 1.00 bits per heavy atom. The highest BCUT2D eigenvalue weighted by atomic mass is 32.1. The van der Waals surface area contributed by atoms with Gasteiger partial charge in [0.05, 0.1) is 6.20 Å². The van der Waals surface area contributed by atoms with Crippen LogP contribution in [0, 0.1) is 5.92 Å². The second-order valence-electron chi connectivity index (χ2n) is 6.71. The topological polar surface area (TPSA) is 71.9 Å². The third-order valence-corrected chi connectivity index (χ3v) is 5.79. The fourth-order valence-electron chi connectivity index (χ4n) is 3.44. The Hall–Kier alpha value is -2.67. The van der Waals surface area contributed by atoms with Gasteiger partial charge in [0, 0.05) is 25.1 Å². The van der Waals surface area contributed by atoms with Gasteiger partial charge in [0.1, 0.15) is 10.7 Å². The molecule has 1 amide bonds. The molecule has 1 fully saturated rings. The first-order valence-electron chi connectivity index (χ1n) is 9.27. The summed E-state index contributed by atoms with van der Waals surface area (Å²) in [6, 6.07) is 7.43. The van der Waals surface area contributed by atoms with Crippen molar-refractivity contribution in [3.63, 3.8) is 0 Å². The molecule has 27 heavy (non-hydrogen) atoms. The second-order valence-corrected chi connectivity index (χ2v) is 7.74. The van der Waals surface area contributed by atoms with Crippen molar-refractivity contribution in [1.82, 2.24) is 19.9 Å². The monoisotopic (exact) mass is 379 g/mol. The van der Waals surface area contributed by atoms with Gasteiger partial charge in [0.15, 0.2) is 10.8 Å². The Morgan fingerprint density at radius 2 is 1.78 bits per heavy atom. The molecular weight excluding hydrogens is 358 g/mol. The molecule has 0 aliphatic heterocycles. The number of anilines is 1. The summed E-state index contributed by atoms with van der Waals surface area (Å²) in [4.78, 5) is 32.9. The van der Waals surface area contributed by atoms with Crippen molar-refractivity contribution in [2.45, 2.75) is 32.1 Å². The minimum Gasteiger partial charge on any atom is -0.292 e. The normalized spacial score (nSPS) is 14.8. The fraction of sp³-hybridized carbons (Fsp3) is 0.350. The van der Waals surface area contributed by atoms with Crippen LogP contribution in [0.25, 0.3) is 10.8 Å². The van der Waals surface area contributed by atoms with Gasteiger partial charge < -0.3 is 0 Å². The number of nitrogens with zero attached hydrogens (tertiary/aromatic N) is 5. The zero-order valence-corrected chi connectivity index (χ0v) is 15.8. The molecule has 0 N–H and O–H groups in total. The van der Waals surface area contributed by atoms with Gasteiger partial charge in [-0.1, -0.05) is 25.3 Å². The number of amides is 1. The lowest BCUT2D eigenvalue weighted by atomic mass is 9.89. The summed E-state index contributed by atoms with van der Waals surface area (Å²) in [6.45, 7) is 0.699. The van der Waals surface area contributed by atoms with Crippen LogP contribution in [0.4, 0.5) is 5.82 Å². The van der Waals surface area contributed by atoms with Crippen LogP contribution in [0.5, 0.6) is 0 Å². The SMILES string of the molecule is O=C(c1cnc(-c2ncccn2)s1)N(CC1CCCCC1)c1ccccn1. The Kier molecular flexibility index (Phi) is 5.48. The molecule has 4 rings (SSSR count). The lowest BCUT2D eigenvalue weighted by Gasteiger charge is -2.28. The van der Waals surface area contributed by atoms with E-state index in [2.05, 4.69) is 19.9 Å². The van der Waals surface area contributed by atoms with Crippen molar-refractivity contribution in [2.24, 2.45) is 5.92 Å². The lowest BCUT2D eigenvalue weighted by molar-refractivity contribution is 0.0983. The predicted molar refractivity (Wildman–Crippen MR) is 106 cm³/mol. The molecule has 0 saturated heterocycles. The van der Waals surface area contributed by atoms with E-state index in [4.69, 9.17) is 0 Å². The van der Waals surface area contributed by atoms with Gasteiger partial charge in [-0.15, -0.1) is 11.3 Å². The van der Waals surface area contributed by atoms with Gasteiger partial charge in [-0.05, 0) is 37.0 Å². The first-order chi connectivity index (χ1) is 13.3. The van der Waals surface area contributed by atoms with E-state index in [0.717, 1.165) is 0 Å². The fourth-order valence-corrected chi connectivity index (χ4v) is 4.25. The summed E-state index contributed by atoms with van der Waals surface area (Å²) < 4.78 is 0. The van der Waals surface area contributed by atoms with Crippen molar-refractivity contribution in [1.29, 1.82) is 0 Å². The Morgan fingerprint density at radius 3 is 2.52 bits per heavy atom. The van der Waals surface area contributed by atoms with Crippen molar-refractivity contribution >= 4 is 23.1 Å². The van der Waals surface area contributed by atoms with E-state index in [1.807, 2.05) is 18.2 Å². The van der Waals surface area contributed by atoms with Crippen molar-refractivity contribution in [3.05, 3.63) is 53.9 Å². The standard InChI is InChI=1S/C20H21N5OS/c26-20(16-13-24-19(27-16)18-22-11-6-12-23-18)25(17-9-4-5-10-21-17)14-15-7-2-1-3-8-15/h4-6,9-13,15H,1-3,7-8,14H2. The summed E-state index contributed by atoms with van der Waals surface area (Å²) in [6.07, 6.45) is 12.8. The molecule has 1 aliphatic carbocycles. The molecule has 0 unspecified atom stereocenters. The zero-order valence-electron chi connectivity index (χ0n) is 15.0. The Balaban J connectivity index is 1.59. The molecule has 0 spiro atoms. The largest absolute Gasteiger partial charge is 0.292 e. The molecule has 3 aromatic rings. The molecule has 1 saturated carbocycles. The first-order valence-corrected chi connectivity index (χ1v) is 10.1. The smallest absolute Gasteiger partial charge is 0.271 e. The maximum absolute atomic E-state index is 13.3. The quantitative estimate of drug-likeness (QED) is 0.664. The molecule has 3 heterocycles. The molecule has 138 valence electrons. The van der Waals surface area contributed by atoms with E-state index < -0.39 is 0 Å². The average Bonchev–Trinajstić information content (AvgIpc) is 3.24. The summed E-state index contributed by atoms with van der Waals surface area (Å²) in [5.74, 6) is 1.70. The molecule has 1 aliphatic rings. The van der Waals surface area contributed by atoms with E-state index in [-0.39, 0.29) is 5.91 Å². The maximum Gasteiger partial charge on any atom is 0.271 e. The highest BCUT2D eigenvalue weighted by molar-refractivity contribution is 7.16. The molecule has 3 aromatic heterocycles. The van der Waals surface area contributed by atoms with Gasteiger partial charge in [0.25, 0.3) is 5.91 Å². The van der Waals surface area contributed by atoms with E-state index in [0.29, 0.717) is 34.0 Å².